The molecule has 1 aromatic rings. The number of rotatable bonds is 7. The van der Waals surface area contributed by atoms with Gasteiger partial charge in [0.15, 0.2) is 5.11 Å². The lowest BCUT2D eigenvalue weighted by atomic mass is 10.4. The molecule has 1 rings (SSSR count). The average molecular weight is 268 g/mol. The summed E-state index contributed by atoms with van der Waals surface area (Å²) in [5, 5.41) is 6.83. The van der Waals surface area contributed by atoms with Crippen LogP contribution in [0.15, 0.2) is 12.4 Å². The van der Waals surface area contributed by atoms with Crippen molar-refractivity contribution in [1.29, 1.82) is 0 Å². The molecule has 1 aromatic heterocycles. The van der Waals surface area contributed by atoms with Gasteiger partial charge in [0.05, 0.1) is 24.1 Å². The van der Waals surface area contributed by atoms with E-state index in [1.807, 2.05) is 13.8 Å². The van der Waals surface area contributed by atoms with Gasteiger partial charge >= 0.3 is 0 Å². The molecule has 0 atom stereocenters. The second-order valence-electron chi connectivity index (χ2n) is 3.81. The fourth-order valence-electron chi connectivity index (χ4n) is 1.26. The summed E-state index contributed by atoms with van der Waals surface area (Å²) >= 11 is 5.15. The highest BCUT2D eigenvalue weighted by Gasteiger charge is 1.98. The topological polar surface area (TPSA) is 59.1 Å². The zero-order valence-corrected chi connectivity index (χ0v) is 11.7. The molecule has 5 nitrogen and oxygen atoms in total. The first-order valence-electron chi connectivity index (χ1n) is 6.09. The van der Waals surface area contributed by atoms with Crippen molar-refractivity contribution in [3.63, 3.8) is 0 Å². The Morgan fingerprint density at radius 1 is 1.33 bits per heavy atom. The van der Waals surface area contributed by atoms with Crippen LogP contribution < -0.4 is 10.6 Å². The lowest BCUT2D eigenvalue weighted by Gasteiger charge is -2.10. The minimum absolute atomic E-state index is 0.588. The van der Waals surface area contributed by atoms with Gasteiger partial charge < -0.3 is 15.4 Å². The number of nitrogens with zero attached hydrogens (tertiary/aromatic N) is 2. The van der Waals surface area contributed by atoms with Crippen LogP contribution in [-0.4, -0.2) is 34.8 Å². The SMILES string of the molecule is CCOCCCNC(=S)NCc1cnc(C)cn1. The Morgan fingerprint density at radius 2 is 2.17 bits per heavy atom. The van der Waals surface area contributed by atoms with E-state index < -0.39 is 0 Å². The quantitative estimate of drug-likeness (QED) is 0.572. The molecule has 0 aliphatic carbocycles. The normalized spacial score (nSPS) is 10.1. The predicted molar refractivity (Wildman–Crippen MR) is 75.3 cm³/mol. The highest BCUT2D eigenvalue weighted by Crippen LogP contribution is 1.93. The first-order valence-corrected chi connectivity index (χ1v) is 6.50. The molecule has 0 aromatic carbocycles. The van der Waals surface area contributed by atoms with Crippen LogP contribution in [0, 0.1) is 6.92 Å². The van der Waals surface area contributed by atoms with E-state index in [0.717, 1.165) is 37.6 Å². The number of hydrogen-bond donors (Lipinski definition) is 2. The van der Waals surface area contributed by atoms with Crippen LogP contribution in [-0.2, 0) is 11.3 Å². The molecule has 6 heteroatoms. The van der Waals surface area contributed by atoms with Crippen molar-refractivity contribution < 1.29 is 4.74 Å². The van der Waals surface area contributed by atoms with Crippen LogP contribution >= 0.6 is 12.2 Å². The zero-order valence-electron chi connectivity index (χ0n) is 10.9. The number of ether oxygens (including phenoxy) is 1. The van der Waals surface area contributed by atoms with E-state index in [1.54, 1.807) is 12.4 Å². The summed E-state index contributed by atoms with van der Waals surface area (Å²) in [6, 6.07) is 0. The summed E-state index contributed by atoms with van der Waals surface area (Å²) in [5.74, 6) is 0. The molecular weight excluding hydrogens is 248 g/mol. The fourth-order valence-corrected chi connectivity index (χ4v) is 1.44. The van der Waals surface area contributed by atoms with Crippen molar-refractivity contribution in [1.82, 2.24) is 20.6 Å². The minimum atomic E-state index is 0.588. The molecule has 0 fully saturated rings. The number of aromatic nitrogens is 2. The van der Waals surface area contributed by atoms with Crippen molar-refractivity contribution in [2.45, 2.75) is 26.8 Å². The van der Waals surface area contributed by atoms with Gasteiger partial charge in [-0.25, -0.2) is 0 Å². The van der Waals surface area contributed by atoms with Crippen LogP contribution in [0.25, 0.3) is 0 Å². The molecule has 0 saturated heterocycles. The summed E-state index contributed by atoms with van der Waals surface area (Å²) in [4.78, 5) is 8.41. The molecule has 0 bridgehead atoms. The third-order valence-corrected chi connectivity index (χ3v) is 2.51. The average Bonchev–Trinajstić information content (AvgIpc) is 2.38. The van der Waals surface area contributed by atoms with Crippen molar-refractivity contribution >= 4 is 17.3 Å². The molecule has 0 spiro atoms. The Kier molecular flexibility index (Phi) is 7.20. The third kappa shape index (κ3) is 6.46. The zero-order chi connectivity index (χ0) is 13.2. The monoisotopic (exact) mass is 268 g/mol. The Morgan fingerprint density at radius 3 is 2.83 bits per heavy atom. The lowest BCUT2D eigenvalue weighted by Crippen LogP contribution is -2.35. The summed E-state index contributed by atoms with van der Waals surface area (Å²) in [7, 11) is 0. The van der Waals surface area contributed by atoms with Crippen molar-refractivity contribution in [3.05, 3.63) is 23.8 Å². The maximum absolute atomic E-state index is 5.23. The molecule has 0 amide bonds. The Hall–Kier alpha value is -1.27. The number of nitrogens with one attached hydrogen (secondary N) is 2. The molecular formula is C12H20N4OS. The van der Waals surface area contributed by atoms with Gasteiger partial charge in [0, 0.05) is 26.0 Å². The lowest BCUT2D eigenvalue weighted by molar-refractivity contribution is 0.145. The van der Waals surface area contributed by atoms with Crippen LogP contribution in [0.2, 0.25) is 0 Å². The molecule has 1 heterocycles. The molecule has 18 heavy (non-hydrogen) atoms. The van der Waals surface area contributed by atoms with Gasteiger partial charge in [-0.15, -0.1) is 0 Å². The third-order valence-electron chi connectivity index (χ3n) is 2.22. The van der Waals surface area contributed by atoms with E-state index in [1.165, 1.54) is 0 Å². The maximum atomic E-state index is 5.23. The van der Waals surface area contributed by atoms with Crippen molar-refractivity contribution in [3.8, 4) is 0 Å². The van der Waals surface area contributed by atoms with E-state index in [2.05, 4.69) is 20.6 Å². The van der Waals surface area contributed by atoms with E-state index in [4.69, 9.17) is 17.0 Å². The first-order chi connectivity index (χ1) is 8.72. The van der Waals surface area contributed by atoms with Crippen LogP contribution in [0.5, 0.6) is 0 Å². The van der Waals surface area contributed by atoms with Gasteiger partial charge in [-0.1, -0.05) is 0 Å². The van der Waals surface area contributed by atoms with Gasteiger partial charge in [-0.2, -0.15) is 0 Å². The molecule has 0 aliphatic heterocycles. The van der Waals surface area contributed by atoms with E-state index in [-0.39, 0.29) is 0 Å². The smallest absolute Gasteiger partial charge is 0.166 e. The van der Waals surface area contributed by atoms with Gasteiger partial charge in [0.25, 0.3) is 0 Å². The summed E-state index contributed by atoms with van der Waals surface area (Å²) in [6.07, 6.45) is 4.44. The van der Waals surface area contributed by atoms with Gasteiger partial charge in [-0.3, -0.25) is 9.97 Å². The van der Waals surface area contributed by atoms with Gasteiger partial charge in [0.2, 0.25) is 0 Å². The molecule has 2 N–H and O–H groups in total. The second kappa shape index (κ2) is 8.77. The summed E-state index contributed by atoms with van der Waals surface area (Å²) in [6.45, 7) is 6.82. The Labute approximate surface area is 113 Å². The highest BCUT2D eigenvalue weighted by molar-refractivity contribution is 7.80. The molecule has 0 unspecified atom stereocenters. The van der Waals surface area contributed by atoms with E-state index >= 15 is 0 Å². The van der Waals surface area contributed by atoms with Gasteiger partial charge in [-0.05, 0) is 32.5 Å². The Balaban J connectivity index is 2.11. The van der Waals surface area contributed by atoms with Crippen molar-refractivity contribution in [2.24, 2.45) is 0 Å². The summed E-state index contributed by atoms with van der Waals surface area (Å²) in [5.41, 5.74) is 1.79. The number of hydrogen-bond acceptors (Lipinski definition) is 4. The summed E-state index contributed by atoms with van der Waals surface area (Å²) < 4.78 is 5.23. The van der Waals surface area contributed by atoms with E-state index in [9.17, 15) is 0 Å². The van der Waals surface area contributed by atoms with E-state index in [0.29, 0.717) is 11.7 Å². The molecule has 100 valence electrons. The molecule has 0 aliphatic rings. The van der Waals surface area contributed by atoms with Gasteiger partial charge in [0.1, 0.15) is 0 Å². The van der Waals surface area contributed by atoms with Crippen molar-refractivity contribution in [2.75, 3.05) is 19.8 Å². The van der Waals surface area contributed by atoms with Crippen LogP contribution in [0.1, 0.15) is 24.7 Å². The number of thiocarbonyl (C=S) groups is 1. The predicted octanol–water partition coefficient (Wildman–Crippen LogP) is 1.18. The highest BCUT2D eigenvalue weighted by atomic mass is 32.1. The molecule has 0 saturated carbocycles. The molecule has 0 radical (unpaired) electrons. The van der Waals surface area contributed by atoms with Crippen LogP contribution in [0.4, 0.5) is 0 Å². The second-order valence-corrected chi connectivity index (χ2v) is 4.22. The minimum Gasteiger partial charge on any atom is -0.382 e. The van der Waals surface area contributed by atoms with Crippen LogP contribution in [0.3, 0.4) is 0 Å². The first kappa shape index (κ1) is 14.8. The largest absolute Gasteiger partial charge is 0.382 e. The fraction of sp³-hybridized carbons (Fsp3) is 0.583. The number of aryl methyl sites for hydroxylation is 1. The Bertz CT molecular complexity index is 356. The standard InChI is InChI=1S/C12H20N4OS/c1-3-17-6-4-5-13-12(18)16-9-11-8-14-10(2)7-15-11/h7-8H,3-6,9H2,1-2H3,(H2,13,16,18). The maximum Gasteiger partial charge on any atom is 0.166 e.